The summed E-state index contributed by atoms with van der Waals surface area (Å²) in [4.78, 5) is 24.1. The fraction of sp³-hybridized carbons (Fsp3) is 0.176. The van der Waals surface area contributed by atoms with E-state index in [1.807, 2.05) is 0 Å². The summed E-state index contributed by atoms with van der Waals surface area (Å²) < 4.78 is 10.2. The van der Waals surface area contributed by atoms with Gasteiger partial charge in [-0.05, 0) is 25.1 Å². The van der Waals surface area contributed by atoms with E-state index in [2.05, 4.69) is 10.1 Å². The number of benzene rings is 2. The van der Waals surface area contributed by atoms with Crippen LogP contribution in [0.4, 0.5) is 5.69 Å². The highest BCUT2D eigenvalue weighted by molar-refractivity contribution is 6.43. The Bertz CT molecular complexity index is 810. The molecule has 0 saturated carbocycles. The summed E-state index contributed by atoms with van der Waals surface area (Å²) in [6.07, 6.45) is -0.902. The Morgan fingerprint density at radius 3 is 2.36 bits per heavy atom. The lowest BCUT2D eigenvalue weighted by Crippen LogP contribution is -2.30. The highest BCUT2D eigenvalue weighted by Crippen LogP contribution is 2.34. The van der Waals surface area contributed by atoms with Gasteiger partial charge in [-0.15, -0.1) is 0 Å². The van der Waals surface area contributed by atoms with E-state index in [0.29, 0.717) is 5.69 Å². The lowest BCUT2D eigenvalue weighted by molar-refractivity contribution is -0.122. The largest absolute Gasteiger partial charge is 0.479 e. The van der Waals surface area contributed by atoms with Crippen LogP contribution in [0.3, 0.4) is 0 Å². The van der Waals surface area contributed by atoms with E-state index in [0.717, 1.165) is 0 Å². The number of carbonyl (C=O) groups is 2. The molecule has 0 heterocycles. The SMILES string of the molecule is COC(=O)c1ccccc1NC(=O)[C@@H](C)Oc1cc(Cl)c(Cl)cc1Cl. The molecular formula is C17H14Cl3NO4. The Hall–Kier alpha value is -1.95. The molecule has 0 aliphatic rings. The predicted octanol–water partition coefficient (Wildman–Crippen LogP) is 4.84. The van der Waals surface area contributed by atoms with Crippen LogP contribution in [0.5, 0.6) is 5.75 Å². The third-order valence-corrected chi connectivity index (χ3v) is 4.26. The van der Waals surface area contributed by atoms with Crippen molar-refractivity contribution in [2.24, 2.45) is 0 Å². The minimum atomic E-state index is -0.902. The molecule has 0 fully saturated rings. The second-order valence-electron chi connectivity index (χ2n) is 4.98. The molecule has 2 aromatic carbocycles. The molecular weight excluding hydrogens is 389 g/mol. The van der Waals surface area contributed by atoms with Gasteiger partial charge in [0.15, 0.2) is 6.10 Å². The van der Waals surface area contributed by atoms with Crippen molar-refractivity contribution in [3.63, 3.8) is 0 Å². The summed E-state index contributed by atoms with van der Waals surface area (Å²) in [5.74, 6) is -0.810. The van der Waals surface area contributed by atoms with Gasteiger partial charge in [0.05, 0.1) is 33.4 Å². The molecule has 0 bridgehead atoms. The van der Waals surface area contributed by atoms with Crippen LogP contribution >= 0.6 is 34.8 Å². The van der Waals surface area contributed by atoms with Gasteiger partial charge in [0.2, 0.25) is 0 Å². The Balaban J connectivity index is 2.14. The monoisotopic (exact) mass is 401 g/mol. The number of nitrogens with one attached hydrogen (secondary N) is 1. The number of rotatable bonds is 5. The molecule has 132 valence electrons. The molecule has 0 unspecified atom stereocenters. The van der Waals surface area contributed by atoms with E-state index < -0.39 is 18.0 Å². The molecule has 25 heavy (non-hydrogen) atoms. The van der Waals surface area contributed by atoms with Crippen molar-refractivity contribution >= 4 is 52.4 Å². The van der Waals surface area contributed by atoms with Crippen LogP contribution < -0.4 is 10.1 Å². The number of halogens is 3. The second-order valence-corrected chi connectivity index (χ2v) is 6.20. The summed E-state index contributed by atoms with van der Waals surface area (Å²) in [5, 5.41) is 3.39. The topological polar surface area (TPSA) is 64.6 Å². The van der Waals surface area contributed by atoms with Crippen LogP contribution in [0, 0.1) is 0 Å². The highest BCUT2D eigenvalue weighted by Gasteiger charge is 2.20. The Morgan fingerprint density at radius 1 is 1.04 bits per heavy atom. The number of hydrogen-bond donors (Lipinski definition) is 1. The number of anilines is 1. The van der Waals surface area contributed by atoms with Crippen LogP contribution in [-0.4, -0.2) is 25.1 Å². The molecule has 0 radical (unpaired) electrons. The Kier molecular flexibility index (Phi) is 6.53. The average Bonchev–Trinajstić information content (AvgIpc) is 2.59. The van der Waals surface area contributed by atoms with E-state index >= 15 is 0 Å². The smallest absolute Gasteiger partial charge is 0.339 e. The van der Waals surface area contributed by atoms with Crippen molar-refractivity contribution in [3.8, 4) is 5.75 Å². The lowest BCUT2D eigenvalue weighted by Gasteiger charge is -2.17. The molecule has 2 aromatic rings. The standard InChI is InChI=1S/C17H14Cl3NO4/c1-9(25-15-8-12(19)11(18)7-13(15)20)16(22)21-14-6-4-3-5-10(14)17(23)24-2/h3-9H,1-2H3,(H,21,22)/t9-/m1/s1. The van der Waals surface area contributed by atoms with Crippen LogP contribution in [0.25, 0.3) is 0 Å². The maximum Gasteiger partial charge on any atom is 0.339 e. The number of para-hydroxylation sites is 1. The van der Waals surface area contributed by atoms with Crippen LogP contribution in [0.1, 0.15) is 17.3 Å². The van der Waals surface area contributed by atoms with Crippen LogP contribution in [0.2, 0.25) is 15.1 Å². The molecule has 0 aliphatic carbocycles. The maximum atomic E-state index is 12.4. The number of carbonyl (C=O) groups excluding carboxylic acids is 2. The van der Waals surface area contributed by atoms with Crippen molar-refractivity contribution < 1.29 is 19.1 Å². The molecule has 1 atom stereocenters. The van der Waals surface area contributed by atoms with Gasteiger partial charge in [-0.25, -0.2) is 4.79 Å². The first-order valence-electron chi connectivity index (χ1n) is 7.13. The average molecular weight is 403 g/mol. The summed E-state index contributed by atoms with van der Waals surface area (Å²) in [7, 11) is 1.26. The maximum absolute atomic E-state index is 12.4. The fourth-order valence-corrected chi connectivity index (χ4v) is 2.53. The number of esters is 1. The predicted molar refractivity (Wildman–Crippen MR) is 98.0 cm³/mol. The minimum Gasteiger partial charge on any atom is -0.479 e. The first-order valence-corrected chi connectivity index (χ1v) is 8.26. The zero-order valence-electron chi connectivity index (χ0n) is 13.3. The quantitative estimate of drug-likeness (QED) is 0.574. The first kappa shape index (κ1) is 19.4. The van der Waals surface area contributed by atoms with E-state index in [4.69, 9.17) is 39.5 Å². The van der Waals surface area contributed by atoms with Crippen molar-refractivity contribution in [2.45, 2.75) is 13.0 Å². The van der Waals surface area contributed by atoms with E-state index in [1.165, 1.54) is 26.2 Å². The van der Waals surface area contributed by atoms with Crippen molar-refractivity contribution in [2.75, 3.05) is 12.4 Å². The molecule has 1 amide bonds. The van der Waals surface area contributed by atoms with Gasteiger partial charge in [0.1, 0.15) is 5.75 Å². The van der Waals surface area contributed by atoms with Gasteiger partial charge in [-0.1, -0.05) is 46.9 Å². The van der Waals surface area contributed by atoms with Crippen LogP contribution in [-0.2, 0) is 9.53 Å². The Morgan fingerprint density at radius 2 is 1.68 bits per heavy atom. The van der Waals surface area contributed by atoms with Gasteiger partial charge < -0.3 is 14.8 Å². The van der Waals surface area contributed by atoms with Crippen LogP contribution in [0.15, 0.2) is 36.4 Å². The molecule has 2 rings (SSSR count). The number of hydrogen-bond acceptors (Lipinski definition) is 4. The van der Waals surface area contributed by atoms with Gasteiger partial charge in [0, 0.05) is 6.07 Å². The number of amides is 1. The Labute approximate surface area is 159 Å². The summed E-state index contributed by atoms with van der Waals surface area (Å²) in [5.41, 5.74) is 0.549. The van der Waals surface area contributed by atoms with E-state index in [9.17, 15) is 9.59 Å². The van der Waals surface area contributed by atoms with Crippen molar-refractivity contribution in [1.29, 1.82) is 0 Å². The van der Waals surface area contributed by atoms with Crippen molar-refractivity contribution in [1.82, 2.24) is 0 Å². The lowest BCUT2D eigenvalue weighted by atomic mass is 10.1. The summed E-state index contributed by atoms with van der Waals surface area (Å²) >= 11 is 17.8. The summed E-state index contributed by atoms with van der Waals surface area (Å²) in [6, 6.07) is 9.34. The highest BCUT2D eigenvalue weighted by atomic mass is 35.5. The fourth-order valence-electron chi connectivity index (χ4n) is 1.95. The molecule has 0 aromatic heterocycles. The number of methoxy groups -OCH3 is 1. The van der Waals surface area contributed by atoms with Gasteiger partial charge in [-0.2, -0.15) is 0 Å². The van der Waals surface area contributed by atoms with E-state index in [-0.39, 0.29) is 26.4 Å². The van der Waals surface area contributed by atoms with E-state index in [1.54, 1.807) is 24.3 Å². The molecule has 0 aliphatic heterocycles. The second kappa shape index (κ2) is 8.43. The third-order valence-electron chi connectivity index (χ3n) is 3.24. The third kappa shape index (κ3) is 4.78. The van der Waals surface area contributed by atoms with Gasteiger partial charge in [-0.3, -0.25) is 4.79 Å². The zero-order valence-corrected chi connectivity index (χ0v) is 15.6. The molecule has 8 heteroatoms. The van der Waals surface area contributed by atoms with Crippen molar-refractivity contribution in [3.05, 3.63) is 57.0 Å². The molecule has 0 spiro atoms. The minimum absolute atomic E-state index is 0.222. The molecule has 0 saturated heterocycles. The summed E-state index contributed by atoms with van der Waals surface area (Å²) in [6.45, 7) is 1.54. The number of ether oxygens (including phenoxy) is 2. The molecule has 1 N–H and O–H groups in total. The molecule has 5 nitrogen and oxygen atoms in total. The van der Waals surface area contributed by atoms with Gasteiger partial charge in [0.25, 0.3) is 5.91 Å². The van der Waals surface area contributed by atoms with Gasteiger partial charge >= 0.3 is 5.97 Å². The normalized spacial score (nSPS) is 11.6. The zero-order chi connectivity index (χ0) is 18.6. The first-order chi connectivity index (χ1) is 11.8.